The summed E-state index contributed by atoms with van der Waals surface area (Å²) in [6.07, 6.45) is 0.672. The van der Waals surface area contributed by atoms with Gasteiger partial charge < -0.3 is 9.80 Å². The van der Waals surface area contributed by atoms with Gasteiger partial charge in [-0.3, -0.25) is 24.4 Å². The van der Waals surface area contributed by atoms with Crippen LogP contribution in [0.1, 0.15) is 46.5 Å². The Morgan fingerprint density at radius 2 is 1.20 bits per heavy atom. The van der Waals surface area contributed by atoms with Crippen LogP contribution in [0.5, 0.6) is 0 Å². The van der Waals surface area contributed by atoms with Crippen LogP contribution in [0.4, 0.5) is 37.7 Å². The lowest BCUT2D eigenvalue weighted by Crippen LogP contribution is -2.30. The number of pyridine rings is 2. The molecule has 0 aliphatic rings. The Kier molecular flexibility index (Phi) is 21.6. The van der Waals surface area contributed by atoms with E-state index < -0.39 is 25.2 Å². The Labute approximate surface area is 352 Å². The van der Waals surface area contributed by atoms with E-state index in [-0.39, 0.29) is 50.3 Å². The number of hydrogen-bond donors (Lipinski definition) is 0. The van der Waals surface area contributed by atoms with E-state index in [0.717, 1.165) is 29.2 Å². The van der Waals surface area contributed by atoms with E-state index in [2.05, 4.69) is 20.2 Å². The third kappa shape index (κ3) is 18.0. The summed E-state index contributed by atoms with van der Waals surface area (Å²) in [5.74, 6) is 0.426. The summed E-state index contributed by atoms with van der Waals surface area (Å²) in [6.45, 7) is 6.01. The van der Waals surface area contributed by atoms with Crippen LogP contribution in [0.15, 0.2) is 61.4 Å². The molecule has 0 spiro atoms. The first-order valence-corrected chi connectivity index (χ1v) is 21.1. The summed E-state index contributed by atoms with van der Waals surface area (Å²) in [5.41, 5.74) is 2.47. The fraction of sp³-hybridized carbons (Fsp3) is 0.441. The van der Waals surface area contributed by atoms with Gasteiger partial charge in [0.15, 0.2) is 15.4 Å². The van der Waals surface area contributed by atoms with Gasteiger partial charge in [0.05, 0.1) is 49.0 Å². The van der Waals surface area contributed by atoms with Gasteiger partial charge in [-0.05, 0) is 38.1 Å². The van der Waals surface area contributed by atoms with Crippen molar-refractivity contribution in [2.24, 2.45) is 0 Å². The minimum Gasteiger partial charge on any atom is -0.308 e. The van der Waals surface area contributed by atoms with Gasteiger partial charge in [0.2, 0.25) is 11.8 Å². The molecule has 11 nitrogen and oxygen atoms in total. The molecule has 0 saturated heterocycles. The first-order chi connectivity index (χ1) is 26.4. The van der Waals surface area contributed by atoms with Crippen molar-refractivity contribution in [2.75, 3.05) is 44.6 Å². The molecular formula is C34H39Cl2F6IN8O3S2. The number of aromatic nitrogens is 6. The molecule has 0 atom stereocenters. The molecule has 0 aromatic carbocycles. The second-order valence-corrected chi connectivity index (χ2v) is 15.4. The standard InChI is InChI=1S/C16H18ClF3N4OS.C15H17ClN4O2S.C3H4F3I/c1-2-23(14(25)5-8-26-9-6-16(18,19)20)13-11-24(22-15(13)17)12-4-3-7-21-10-12;1-3-19(14(22)6-8-23-11(2)21)13-10-20(18-15(13)16)12-5-4-7-17-9-12;4-3(5,6)1-2-7/h3-4,7,10-11H,2,5-6,8-9H2,1H3;4-5,7,9-10H,3,6,8H2,1-2H3;1-2H2. The molecule has 0 radical (unpaired) electrons. The van der Waals surface area contributed by atoms with Crippen LogP contribution >= 0.6 is 69.3 Å². The van der Waals surface area contributed by atoms with Crippen molar-refractivity contribution in [3.8, 4) is 11.4 Å². The van der Waals surface area contributed by atoms with Crippen molar-refractivity contribution < 1.29 is 40.7 Å². The molecule has 0 unspecified atom stereocenters. The predicted octanol–water partition coefficient (Wildman–Crippen LogP) is 9.67. The maximum absolute atomic E-state index is 12.4. The predicted molar refractivity (Wildman–Crippen MR) is 219 cm³/mol. The molecule has 4 aromatic heterocycles. The van der Waals surface area contributed by atoms with Gasteiger partial charge in [-0.2, -0.15) is 48.3 Å². The van der Waals surface area contributed by atoms with E-state index in [9.17, 15) is 40.7 Å². The second-order valence-electron chi connectivity index (χ2n) is 11.1. The van der Waals surface area contributed by atoms with Crippen molar-refractivity contribution in [3.05, 3.63) is 71.8 Å². The first-order valence-electron chi connectivity index (χ1n) is 16.7. The first kappa shape index (κ1) is 49.1. The molecule has 56 heavy (non-hydrogen) atoms. The lowest BCUT2D eigenvalue weighted by atomic mass is 10.3. The zero-order valence-electron chi connectivity index (χ0n) is 30.4. The Hall–Kier alpha value is -3.08. The van der Waals surface area contributed by atoms with E-state index in [1.807, 2.05) is 13.0 Å². The van der Waals surface area contributed by atoms with Crippen LogP contribution in [0, 0.1) is 0 Å². The van der Waals surface area contributed by atoms with Crippen LogP contribution in [0.2, 0.25) is 10.3 Å². The number of carbonyl (C=O) groups is 3. The molecule has 0 bridgehead atoms. The average Bonchev–Trinajstić information content (AvgIpc) is 3.71. The van der Waals surface area contributed by atoms with Gasteiger partial charge >= 0.3 is 12.4 Å². The number of alkyl halides is 7. The van der Waals surface area contributed by atoms with Crippen LogP contribution in [0.25, 0.3) is 11.4 Å². The summed E-state index contributed by atoms with van der Waals surface area (Å²) in [6, 6.07) is 7.20. The van der Waals surface area contributed by atoms with E-state index in [0.29, 0.717) is 41.7 Å². The number of anilines is 2. The molecule has 308 valence electrons. The van der Waals surface area contributed by atoms with Crippen LogP contribution in [0.3, 0.4) is 0 Å². The molecule has 4 heterocycles. The molecule has 0 saturated carbocycles. The number of thioether (sulfide) groups is 2. The Morgan fingerprint density at radius 3 is 1.54 bits per heavy atom. The summed E-state index contributed by atoms with van der Waals surface area (Å²) in [5, 5.41) is 8.85. The minimum atomic E-state index is -4.17. The summed E-state index contributed by atoms with van der Waals surface area (Å²) in [7, 11) is 0. The third-order valence-electron chi connectivity index (χ3n) is 6.93. The quantitative estimate of drug-likeness (QED) is 0.0497. The molecule has 4 aromatic rings. The molecule has 0 aliphatic carbocycles. The summed E-state index contributed by atoms with van der Waals surface area (Å²) >= 11 is 16.3. The van der Waals surface area contributed by atoms with Gasteiger partial charge in [0, 0.05) is 66.9 Å². The zero-order valence-corrected chi connectivity index (χ0v) is 35.7. The Balaban J connectivity index is 0.000000332. The van der Waals surface area contributed by atoms with Crippen LogP contribution in [-0.4, -0.2) is 93.6 Å². The lowest BCUT2D eigenvalue weighted by molar-refractivity contribution is -0.130. The minimum absolute atomic E-state index is 0.00304. The van der Waals surface area contributed by atoms with Crippen molar-refractivity contribution in [1.82, 2.24) is 29.5 Å². The van der Waals surface area contributed by atoms with Crippen LogP contribution < -0.4 is 9.80 Å². The number of rotatable bonds is 15. The van der Waals surface area contributed by atoms with Crippen molar-refractivity contribution in [3.63, 3.8) is 0 Å². The topological polar surface area (TPSA) is 119 Å². The summed E-state index contributed by atoms with van der Waals surface area (Å²) < 4.78 is 72.8. The molecule has 0 N–H and O–H groups in total. The monoisotopic (exact) mass is 982 g/mol. The highest BCUT2D eigenvalue weighted by atomic mass is 127. The Morgan fingerprint density at radius 1 is 0.750 bits per heavy atom. The normalized spacial score (nSPS) is 11.2. The molecule has 4 rings (SSSR count). The highest BCUT2D eigenvalue weighted by Gasteiger charge is 2.27. The van der Waals surface area contributed by atoms with Crippen molar-refractivity contribution in [2.45, 2.75) is 58.8 Å². The zero-order chi connectivity index (χ0) is 41.9. The molecule has 22 heteroatoms. The molecule has 0 fully saturated rings. The highest BCUT2D eigenvalue weighted by molar-refractivity contribution is 14.1. The lowest BCUT2D eigenvalue weighted by Gasteiger charge is -2.19. The maximum Gasteiger partial charge on any atom is 0.389 e. The van der Waals surface area contributed by atoms with Gasteiger partial charge in [-0.1, -0.05) is 57.6 Å². The van der Waals surface area contributed by atoms with Crippen molar-refractivity contribution >= 4 is 97.6 Å². The molecular weight excluding hydrogens is 944 g/mol. The number of amides is 2. The molecule has 0 aliphatic heterocycles. The smallest absolute Gasteiger partial charge is 0.308 e. The molecule has 2 amide bonds. The summed E-state index contributed by atoms with van der Waals surface area (Å²) in [4.78, 5) is 46.8. The van der Waals surface area contributed by atoms with Crippen LogP contribution in [-0.2, 0) is 14.4 Å². The fourth-order valence-corrected chi connectivity index (χ4v) is 6.90. The Bertz CT molecular complexity index is 1810. The highest BCUT2D eigenvalue weighted by Crippen LogP contribution is 2.29. The number of halogens is 9. The van der Waals surface area contributed by atoms with E-state index in [1.165, 1.54) is 16.5 Å². The fourth-order valence-electron chi connectivity index (χ4n) is 4.36. The van der Waals surface area contributed by atoms with Crippen molar-refractivity contribution in [1.29, 1.82) is 0 Å². The van der Waals surface area contributed by atoms with E-state index in [1.54, 1.807) is 94.5 Å². The largest absolute Gasteiger partial charge is 0.389 e. The number of nitrogens with zero attached hydrogens (tertiary/aromatic N) is 8. The number of hydrogen-bond acceptors (Lipinski definition) is 9. The average molecular weight is 984 g/mol. The van der Waals surface area contributed by atoms with Gasteiger partial charge in [-0.25, -0.2) is 9.36 Å². The van der Waals surface area contributed by atoms with Gasteiger partial charge in [-0.15, -0.1) is 0 Å². The van der Waals surface area contributed by atoms with Gasteiger partial charge in [0.25, 0.3) is 0 Å². The van der Waals surface area contributed by atoms with E-state index in [4.69, 9.17) is 23.2 Å². The number of carbonyl (C=O) groups excluding carboxylic acids is 3. The third-order valence-corrected chi connectivity index (χ3v) is 9.81. The second kappa shape index (κ2) is 24.6. The maximum atomic E-state index is 12.4. The van der Waals surface area contributed by atoms with E-state index >= 15 is 0 Å². The SMILES string of the molecule is CCN(C(=O)CCSC(C)=O)c1cn(-c2cccnc2)nc1Cl.CCN(C(=O)CCSCCC(F)(F)F)c1cn(-c2cccnc2)nc1Cl.FC(F)(F)CCI. The van der Waals surface area contributed by atoms with Gasteiger partial charge in [0.1, 0.15) is 11.4 Å².